The fourth-order valence-corrected chi connectivity index (χ4v) is 4.21. The molecule has 5 nitrogen and oxygen atoms in total. The van der Waals surface area contributed by atoms with E-state index in [0.717, 1.165) is 31.3 Å². The van der Waals surface area contributed by atoms with Gasteiger partial charge in [-0.15, -0.1) is 0 Å². The molecule has 0 heterocycles. The van der Waals surface area contributed by atoms with Crippen LogP contribution in [0.5, 0.6) is 5.75 Å². The second-order valence-electron chi connectivity index (χ2n) is 6.57. The van der Waals surface area contributed by atoms with Gasteiger partial charge in [-0.3, -0.25) is 15.1 Å². The van der Waals surface area contributed by atoms with E-state index >= 15 is 0 Å². The largest absolute Gasteiger partial charge is 0.487 e. The van der Waals surface area contributed by atoms with Crippen molar-refractivity contribution in [3.05, 3.63) is 95.9 Å². The number of ether oxygens (including phenoxy) is 1. The first kappa shape index (κ1) is 21.2. The van der Waals surface area contributed by atoms with Crippen molar-refractivity contribution in [1.29, 1.82) is 0 Å². The topological polar surface area (TPSA) is 64.7 Å². The summed E-state index contributed by atoms with van der Waals surface area (Å²) in [5.41, 5.74) is 5.09. The van der Waals surface area contributed by atoms with E-state index in [-0.39, 0.29) is 5.69 Å². The highest BCUT2D eigenvalue weighted by Gasteiger charge is 2.10. The molecule has 0 atom stereocenters. The molecule has 0 radical (unpaired) electrons. The Morgan fingerprint density at radius 1 is 1.03 bits per heavy atom. The van der Waals surface area contributed by atoms with E-state index in [1.807, 2.05) is 37.4 Å². The molecule has 0 unspecified atom stereocenters. The van der Waals surface area contributed by atoms with Crippen LogP contribution < -0.4 is 4.74 Å². The molecule has 0 fully saturated rings. The lowest BCUT2D eigenvalue weighted by Crippen LogP contribution is -1.98. The lowest BCUT2D eigenvalue weighted by atomic mass is 10.1. The SMILES string of the molecule is Cc1ccc(N=Cc2cc(Br)c(OCc3ccc([N+](=O)[O-])cc3)c(Br)c2)c(C)c1. The molecule has 3 aromatic rings. The van der Waals surface area contributed by atoms with Gasteiger partial charge in [0, 0.05) is 18.3 Å². The van der Waals surface area contributed by atoms with E-state index in [2.05, 4.69) is 49.8 Å². The number of nitro benzene ring substituents is 1. The number of nitrogens with zero attached hydrogens (tertiary/aromatic N) is 2. The molecule has 0 bridgehead atoms. The standard InChI is InChI=1S/C22H18Br2N2O3/c1-14-3-8-21(15(2)9-14)25-12-17-10-19(23)22(20(24)11-17)29-13-16-4-6-18(7-5-16)26(27)28/h3-12H,13H2,1-2H3. The van der Waals surface area contributed by atoms with Gasteiger partial charge >= 0.3 is 0 Å². The molecule has 148 valence electrons. The summed E-state index contributed by atoms with van der Waals surface area (Å²) in [6.07, 6.45) is 1.81. The number of hydrogen-bond donors (Lipinski definition) is 0. The molecule has 3 rings (SSSR count). The molecule has 0 saturated heterocycles. The molecule has 3 aromatic carbocycles. The van der Waals surface area contributed by atoms with E-state index in [1.54, 1.807) is 12.1 Å². The van der Waals surface area contributed by atoms with Crippen molar-refractivity contribution < 1.29 is 9.66 Å². The second-order valence-corrected chi connectivity index (χ2v) is 8.28. The zero-order valence-corrected chi connectivity index (χ0v) is 19.0. The van der Waals surface area contributed by atoms with Crippen LogP contribution in [-0.2, 0) is 6.61 Å². The average Bonchev–Trinajstić information content (AvgIpc) is 2.67. The minimum absolute atomic E-state index is 0.0589. The van der Waals surface area contributed by atoms with Crippen molar-refractivity contribution in [3.8, 4) is 5.75 Å². The molecule has 0 aliphatic carbocycles. The maximum atomic E-state index is 10.7. The van der Waals surface area contributed by atoms with E-state index < -0.39 is 4.92 Å². The highest BCUT2D eigenvalue weighted by atomic mass is 79.9. The van der Waals surface area contributed by atoms with Gasteiger partial charge < -0.3 is 4.74 Å². The third-order valence-corrected chi connectivity index (χ3v) is 5.43. The molecule has 0 aliphatic heterocycles. The first-order valence-corrected chi connectivity index (χ1v) is 10.4. The molecule has 29 heavy (non-hydrogen) atoms. The summed E-state index contributed by atoms with van der Waals surface area (Å²) in [5, 5.41) is 10.7. The average molecular weight is 518 g/mol. The lowest BCUT2D eigenvalue weighted by Gasteiger charge is -2.11. The van der Waals surface area contributed by atoms with Crippen LogP contribution in [0.15, 0.2) is 68.5 Å². The fourth-order valence-electron chi connectivity index (χ4n) is 2.76. The van der Waals surface area contributed by atoms with Crippen LogP contribution >= 0.6 is 31.9 Å². The van der Waals surface area contributed by atoms with Gasteiger partial charge in [0.25, 0.3) is 5.69 Å². The van der Waals surface area contributed by atoms with Gasteiger partial charge in [0.05, 0.1) is 19.6 Å². The van der Waals surface area contributed by atoms with Crippen LogP contribution in [0.1, 0.15) is 22.3 Å². The minimum atomic E-state index is -0.420. The molecule has 7 heteroatoms. The first-order valence-electron chi connectivity index (χ1n) is 8.80. The molecule has 0 N–H and O–H groups in total. The highest BCUT2D eigenvalue weighted by Crippen LogP contribution is 2.35. The predicted octanol–water partition coefficient (Wildman–Crippen LogP) is 7.07. The summed E-state index contributed by atoms with van der Waals surface area (Å²) in [7, 11) is 0. The number of aryl methyl sites for hydroxylation is 2. The number of halogens is 2. The molecule has 0 aliphatic rings. The third-order valence-electron chi connectivity index (χ3n) is 4.26. The Bertz CT molecular complexity index is 1060. The highest BCUT2D eigenvalue weighted by molar-refractivity contribution is 9.11. The number of hydrogen-bond acceptors (Lipinski definition) is 4. The van der Waals surface area contributed by atoms with Crippen molar-refractivity contribution in [3.63, 3.8) is 0 Å². The quantitative estimate of drug-likeness (QED) is 0.199. The first-order chi connectivity index (χ1) is 13.8. The monoisotopic (exact) mass is 516 g/mol. The summed E-state index contributed by atoms with van der Waals surface area (Å²) in [4.78, 5) is 14.9. The van der Waals surface area contributed by atoms with E-state index in [4.69, 9.17) is 4.74 Å². The molecule has 0 spiro atoms. The predicted molar refractivity (Wildman–Crippen MR) is 122 cm³/mol. The normalized spacial score (nSPS) is 11.0. The number of nitro groups is 1. The number of benzene rings is 3. The zero-order chi connectivity index (χ0) is 21.0. The van der Waals surface area contributed by atoms with E-state index in [0.29, 0.717) is 12.4 Å². The van der Waals surface area contributed by atoms with Gasteiger partial charge in [-0.25, -0.2) is 0 Å². The Kier molecular flexibility index (Phi) is 6.82. The molecule has 0 amide bonds. The van der Waals surface area contributed by atoms with Crippen LogP contribution in [0.2, 0.25) is 0 Å². The van der Waals surface area contributed by atoms with Crippen LogP contribution in [0.3, 0.4) is 0 Å². The van der Waals surface area contributed by atoms with Gasteiger partial charge in [-0.05, 0) is 92.7 Å². The summed E-state index contributed by atoms with van der Waals surface area (Å²) < 4.78 is 7.47. The third kappa shape index (κ3) is 5.52. The Balaban J connectivity index is 1.73. The van der Waals surface area contributed by atoms with Crippen molar-refractivity contribution in [2.75, 3.05) is 0 Å². The Morgan fingerprint density at radius 2 is 1.69 bits per heavy atom. The maximum absolute atomic E-state index is 10.7. The summed E-state index contributed by atoms with van der Waals surface area (Å²) in [6, 6.07) is 16.3. The van der Waals surface area contributed by atoms with Crippen molar-refractivity contribution in [1.82, 2.24) is 0 Å². The summed E-state index contributed by atoms with van der Waals surface area (Å²) in [5.74, 6) is 0.659. The van der Waals surface area contributed by atoms with Crippen LogP contribution in [-0.4, -0.2) is 11.1 Å². The van der Waals surface area contributed by atoms with Crippen molar-refractivity contribution in [2.45, 2.75) is 20.5 Å². The summed E-state index contributed by atoms with van der Waals surface area (Å²) >= 11 is 7.09. The maximum Gasteiger partial charge on any atom is 0.269 e. The lowest BCUT2D eigenvalue weighted by molar-refractivity contribution is -0.384. The van der Waals surface area contributed by atoms with Gasteiger partial charge in [-0.1, -0.05) is 17.7 Å². The van der Waals surface area contributed by atoms with Crippen LogP contribution in [0, 0.1) is 24.0 Å². The number of rotatable bonds is 6. The molecule has 0 saturated carbocycles. The van der Waals surface area contributed by atoms with Gasteiger partial charge in [-0.2, -0.15) is 0 Å². The van der Waals surface area contributed by atoms with Gasteiger partial charge in [0.2, 0.25) is 0 Å². The van der Waals surface area contributed by atoms with E-state index in [1.165, 1.54) is 17.7 Å². The summed E-state index contributed by atoms with van der Waals surface area (Å²) in [6.45, 7) is 4.40. The number of non-ortho nitro benzene ring substituents is 1. The van der Waals surface area contributed by atoms with Crippen LogP contribution in [0.4, 0.5) is 11.4 Å². The molecular formula is C22H18Br2N2O3. The molecular weight excluding hydrogens is 500 g/mol. The Hall–Kier alpha value is -2.51. The number of aliphatic imine (C=N–C) groups is 1. The molecule has 0 aromatic heterocycles. The second kappa shape index (κ2) is 9.33. The van der Waals surface area contributed by atoms with Crippen molar-refractivity contribution >= 4 is 49.4 Å². The minimum Gasteiger partial charge on any atom is -0.487 e. The van der Waals surface area contributed by atoms with Gasteiger partial charge in [0.1, 0.15) is 12.4 Å². The Morgan fingerprint density at radius 3 is 2.28 bits per heavy atom. The smallest absolute Gasteiger partial charge is 0.269 e. The van der Waals surface area contributed by atoms with Crippen LogP contribution in [0.25, 0.3) is 0 Å². The van der Waals surface area contributed by atoms with Gasteiger partial charge in [0.15, 0.2) is 0 Å². The van der Waals surface area contributed by atoms with Crippen molar-refractivity contribution in [2.24, 2.45) is 4.99 Å². The fraction of sp³-hybridized carbons (Fsp3) is 0.136. The Labute approximate surface area is 185 Å². The zero-order valence-electron chi connectivity index (χ0n) is 15.9. The van der Waals surface area contributed by atoms with E-state index in [9.17, 15) is 10.1 Å².